The van der Waals surface area contributed by atoms with Crippen LogP contribution in [0.25, 0.3) is 0 Å². The first-order valence-corrected chi connectivity index (χ1v) is 6.42. The van der Waals surface area contributed by atoms with Crippen LogP contribution < -0.4 is 0 Å². The Hall–Kier alpha value is -1.85. The molecule has 1 aliphatic rings. The van der Waals surface area contributed by atoms with Gasteiger partial charge in [0.05, 0.1) is 12.1 Å². The van der Waals surface area contributed by atoms with Crippen LogP contribution in [-0.2, 0) is 23.2 Å². The summed E-state index contributed by atoms with van der Waals surface area (Å²) >= 11 is 0. The molecule has 19 heavy (non-hydrogen) atoms. The number of hydrogen-bond donors (Lipinski definition) is 1. The lowest BCUT2D eigenvalue weighted by molar-refractivity contribution is -0.141. The molecule has 0 spiro atoms. The number of carboxylic acids is 1. The van der Waals surface area contributed by atoms with E-state index >= 15 is 0 Å². The van der Waals surface area contributed by atoms with Gasteiger partial charge < -0.3 is 10.0 Å². The highest BCUT2D eigenvalue weighted by molar-refractivity contribution is 5.80. The summed E-state index contributed by atoms with van der Waals surface area (Å²) in [6.07, 6.45) is 5.35. The molecule has 1 aromatic rings. The Morgan fingerprint density at radius 2 is 2.16 bits per heavy atom. The summed E-state index contributed by atoms with van der Waals surface area (Å²) in [4.78, 5) is 24.8. The number of carbonyl (C=O) groups is 2. The van der Waals surface area contributed by atoms with Gasteiger partial charge in [0.1, 0.15) is 0 Å². The van der Waals surface area contributed by atoms with Gasteiger partial charge in [-0.25, -0.2) is 0 Å². The molecule has 0 bridgehead atoms. The van der Waals surface area contributed by atoms with Gasteiger partial charge in [0.25, 0.3) is 0 Å². The van der Waals surface area contributed by atoms with E-state index in [4.69, 9.17) is 5.11 Å². The number of aromatic nitrogens is 2. The van der Waals surface area contributed by atoms with Crippen molar-refractivity contribution >= 4 is 11.9 Å². The third kappa shape index (κ3) is 3.13. The minimum absolute atomic E-state index is 0.0348. The molecule has 1 heterocycles. The topological polar surface area (TPSA) is 75.4 Å². The summed E-state index contributed by atoms with van der Waals surface area (Å²) in [6, 6.07) is 0. The largest absolute Gasteiger partial charge is 0.481 e. The Bertz CT molecular complexity index is 483. The molecule has 1 saturated carbocycles. The molecule has 104 valence electrons. The highest BCUT2D eigenvalue weighted by atomic mass is 16.4. The molecule has 1 aliphatic carbocycles. The molecule has 1 amide bonds. The second-order valence-electron chi connectivity index (χ2n) is 5.26. The molecule has 0 radical (unpaired) electrons. The van der Waals surface area contributed by atoms with Gasteiger partial charge in [-0.3, -0.25) is 14.3 Å². The molecule has 2 rings (SSSR count). The van der Waals surface area contributed by atoms with Gasteiger partial charge in [-0.2, -0.15) is 5.10 Å². The Kier molecular flexibility index (Phi) is 3.87. The first kappa shape index (κ1) is 13.6. The third-order valence-electron chi connectivity index (χ3n) is 3.69. The zero-order chi connectivity index (χ0) is 14.0. The normalized spacial score (nSPS) is 22.4. The van der Waals surface area contributed by atoms with Crippen LogP contribution in [-0.4, -0.2) is 38.7 Å². The van der Waals surface area contributed by atoms with Crippen molar-refractivity contribution in [2.24, 2.45) is 18.9 Å². The minimum atomic E-state index is -0.787. The van der Waals surface area contributed by atoms with E-state index in [9.17, 15) is 9.59 Å². The number of amides is 1. The van der Waals surface area contributed by atoms with Crippen LogP contribution in [0.15, 0.2) is 12.4 Å². The number of nitrogens with zero attached hydrogens (tertiary/aromatic N) is 3. The van der Waals surface area contributed by atoms with Gasteiger partial charge in [0, 0.05) is 38.3 Å². The SMILES string of the molecule is CN(Cc1cnn(C)c1)C(=O)[C@@H]1CC[C@H](C(=O)O)C1. The van der Waals surface area contributed by atoms with Crippen molar-refractivity contribution in [2.45, 2.75) is 25.8 Å². The smallest absolute Gasteiger partial charge is 0.306 e. The number of aryl methyl sites for hydroxylation is 1. The van der Waals surface area contributed by atoms with E-state index in [2.05, 4.69) is 5.10 Å². The lowest BCUT2D eigenvalue weighted by atomic mass is 10.0. The van der Waals surface area contributed by atoms with Gasteiger partial charge in [-0.1, -0.05) is 0 Å². The van der Waals surface area contributed by atoms with Crippen LogP contribution in [0.5, 0.6) is 0 Å². The van der Waals surface area contributed by atoms with E-state index in [1.54, 1.807) is 22.8 Å². The fourth-order valence-electron chi connectivity index (χ4n) is 2.65. The second-order valence-corrected chi connectivity index (χ2v) is 5.26. The zero-order valence-corrected chi connectivity index (χ0v) is 11.2. The fraction of sp³-hybridized carbons (Fsp3) is 0.615. The van der Waals surface area contributed by atoms with E-state index in [0.29, 0.717) is 25.8 Å². The van der Waals surface area contributed by atoms with Crippen LogP contribution in [0.2, 0.25) is 0 Å². The first-order chi connectivity index (χ1) is 8.97. The van der Waals surface area contributed by atoms with E-state index in [1.807, 2.05) is 13.2 Å². The lowest BCUT2D eigenvalue weighted by Crippen LogP contribution is -2.31. The maximum Gasteiger partial charge on any atom is 0.306 e. The van der Waals surface area contributed by atoms with Crippen LogP contribution in [0.3, 0.4) is 0 Å². The lowest BCUT2D eigenvalue weighted by Gasteiger charge is -2.20. The maximum atomic E-state index is 12.2. The average Bonchev–Trinajstić information content (AvgIpc) is 2.97. The van der Waals surface area contributed by atoms with Crippen LogP contribution in [0.1, 0.15) is 24.8 Å². The summed E-state index contributed by atoms with van der Waals surface area (Å²) in [6.45, 7) is 0.515. The van der Waals surface area contributed by atoms with Gasteiger partial charge in [-0.05, 0) is 19.3 Å². The van der Waals surface area contributed by atoms with Gasteiger partial charge in [0.15, 0.2) is 0 Å². The third-order valence-corrected chi connectivity index (χ3v) is 3.69. The van der Waals surface area contributed by atoms with Crippen molar-refractivity contribution in [2.75, 3.05) is 7.05 Å². The minimum Gasteiger partial charge on any atom is -0.481 e. The Morgan fingerprint density at radius 3 is 2.68 bits per heavy atom. The van der Waals surface area contributed by atoms with Crippen molar-refractivity contribution < 1.29 is 14.7 Å². The summed E-state index contributed by atoms with van der Waals surface area (Å²) < 4.78 is 1.70. The highest BCUT2D eigenvalue weighted by Gasteiger charge is 2.35. The van der Waals surface area contributed by atoms with E-state index < -0.39 is 5.97 Å². The molecular weight excluding hydrogens is 246 g/mol. The quantitative estimate of drug-likeness (QED) is 0.876. The summed E-state index contributed by atoms with van der Waals surface area (Å²) in [5.74, 6) is -1.26. The van der Waals surface area contributed by atoms with Crippen molar-refractivity contribution in [3.63, 3.8) is 0 Å². The molecule has 6 heteroatoms. The van der Waals surface area contributed by atoms with E-state index in [-0.39, 0.29) is 17.7 Å². The molecule has 2 atom stereocenters. The molecule has 6 nitrogen and oxygen atoms in total. The standard InChI is InChI=1S/C13H19N3O3/c1-15(7-9-6-14-16(2)8-9)12(17)10-3-4-11(5-10)13(18)19/h6,8,10-11H,3-5,7H2,1-2H3,(H,18,19)/t10-,11+/m1/s1. The number of rotatable bonds is 4. The summed E-state index contributed by atoms with van der Waals surface area (Å²) in [7, 11) is 3.59. The van der Waals surface area contributed by atoms with Crippen molar-refractivity contribution in [3.8, 4) is 0 Å². The summed E-state index contributed by atoms with van der Waals surface area (Å²) in [5.41, 5.74) is 0.978. The number of carboxylic acid groups (broad SMARTS) is 1. The molecule has 1 fully saturated rings. The van der Waals surface area contributed by atoms with Crippen molar-refractivity contribution in [3.05, 3.63) is 18.0 Å². The number of aliphatic carboxylic acids is 1. The molecule has 0 unspecified atom stereocenters. The molecule has 0 aliphatic heterocycles. The van der Waals surface area contributed by atoms with Crippen LogP contribution in [0, 0.1) is 11.8 Å². The van der Waals surface area contributed by atoms with Crippen LogP contribution >= 0.6 is 0 Å². The fourth-order valence-corrected chi connectivity index (χ4v) is 2.65. The van der Waals surface area contributed by atoms with Gasteiger partial charge >= 0.3 is 5.97 Å². The molecule has 1 aromatic heterocycles. The average molecular weight is 265 g/mol. The Labute approximate surface area is 112 Å². The highest BCUT2D eigenvalue weighted by Crippen LogP contribution is 2.32. The zero-order valence-electron chi connectivity index (χ0n) is 11.2. The first-order valence-electron chi connectivity index (χ1n) is 6.42. The van der Waals surface area contributed by atoms with E-state index in [0.717, 1.165) is 5.56 Å². The molecular formula is C13H19N3O3. The number of carbonyl (C=O) groups excluding carboxylic acids is 1. The van der Waals surface area contributed by atoms with E-state index in [1.165, 1.54) is 0 Å². The maximum absolute atomic E-state index is 12.2. The predicted octanol–water partition coefficient (Wildman–Crippen LogP) is 0.879. The Balaban J connectivity index is 1.91. The van der Waals surface area contributed by atoms with Crippen LogP contribution in [0.4, 0.5) is 0 Å². The van der Waals surface area contributed by atoms with Gasteiger partial charge in [-0.15, -0.1) is 0 Å². The molecule has 0 aromatic carbocycles. The van der Waals surface area contributed by atoms with Crippen molar-refractivity contribution in [1.82, 2.24) is 14.7 Å². The Morgan fingerprint density at radius 1 is 1.47 bits per heavy atom. The predicted molar refractivity (Wildman–Crippen MR) is 68.1 cm³/mol. The van der Waals surface area contributed by atoms with Gasteiger partial charge in [0.2, 0.25) is 5.91 Å². The molecule has 0 saturated heterocycles. The monoisotopic (exact) mass is 265 g/mol. The van der Waals surface area contributed by atoms with Crippen molar-refractivity contribution in [1.29, 1.82) is 0 Å². The summed E-state index contributed by atoms with van der Waals surface area (Å²) in [5, 5.41) is 13.0. The number of hydrogen-bond acceptors (Lipinski definition) is 3. The molecule has 1 N–H and O–H groups in total. The second kappa shape index (κ2) is 5.42.